The quantitative estimate of drug-likeness (QED) is 0.288. The van der Waals surface area contributed by atoms with Gasteiger partial charge in [-0.1, -0.05) is 0 Å². The first-order valence-corrected chi connectivity index (χ1v) is 12.1. The lowest BCUT2D eigenvalue weighted by Crippen LogP contribution is -2.28. The van der Waals surface area contributed by atoms with Crippen LogP contribution >= 0.6 is 11.3 Å². The molecule has 5 rings (SSSR count). The Morgan fingerprint density at radius 1 is 1.24 bits per heavy atom. The van der Waals surface area contributed by atoms with E-state index >= 15 is 0 Å². The van der Waals surface area contributed by atoms with Crippen molar-refractivity contribution in [3.8, 4) is 27.7 Å². The van der Waals surface area contributed by atoms with Crippen LogP contribution in [0.15, 0.2) is 57.5 Å². The Morgan fingerprint density at radius 3 is 2.86 bits per heavy atom. The van der Waals surface area contributed by atoms with E-state index in [-0.39, 0.29) is 11.9 Å². The van der Waals surface area contributed by atoms with Gasteiger partial charge in [-0.25, -0.2) is 29.6 Å². The van der Waals surface area contributed by atoms with Crippen molar-refractivity contribution in [3.05, 3.63) is 70.3 Å². The molecule has 0 unspecified atom stereocenters. The fraction of sp³-hybridized carbons (Fsp3) is 0.167. The number of H-pyrrole nitrogens is 1. The first-order valence-electron chi connectivity index (χ1n) is 11.3. The molecule has 0 aliphatic carbocycles. The maximum absolute atomic E-state index is 12.1. The average Bonchev–Trinajstić information content (AvgIpc) is 3.59. The fourth-order valence-corrected chi connectivity index (χ4v) is 4.50. The van der Waals surface area contributed by atoms with Gasteiger partial charge in [0.15, 0.2) is 0 Å². The van der Waals surface area contributed by atoms with Crippen molar-refractivity contribution in [3.63, 3.8) is 0 Å². The predicted octanol–water partition coefficient (Wildman–Crippen LogP) is 3.12. The number of rotatable bonds is 7. The fourth-order valence-electron chi connectivity index (χ4n) is 3.65. The van der Waals surface area contributed by atoms with E-state index in [1.54, 1.807) is 31.6 Å². The van der Waals surface area contributed by atoms with Crippen LogP contribution in [0.2, 0.25) is 0 Å². The molecule has 2 amide bonds. The van der Waals surface area contributed by atoms with E-state index in [1.807, 2.05) is 30.6 Å². The van der Waals surface area contributed by atoms with E-state index in [0.717, 1.165) is 33.0 Å². The molecular weight excluding hydrogens is 496 g/mol. The molecule has 5 heterocycles. The highest BCUT2D eigenvalue weighted by atomic mass is 32.1. The standard InChI is InChI=1S/C24H22N8O4S/c1-3-26-23(33)30-19-7-16(22-29-18(12-37-22)13-4-5-20(35-2)28-10-13)17(11-27-19)14-6-15(9-25-8-14)21-31-32-24(34)36-21/h4-8,10-12,25H,3,9H2,1-2H3,(H,32,34)(H2,26,27,30,33). The van der Waals surface area contributed by atoms with Crippen LogP contribution in [-0.4, -0.2) is 51.4 Å². The lowest BCUT2D eigenvalue weighted by molar-refractivity contribution is 0.252. The van der Waals surface area contributed by atoms with Crippen LogP contribution in [0.4, 0.5) is 10.6 Å². The second-order valence-electron chi connectivity index (χ2n) is 7.80. The minimum Gasteiger partial charge on any atom is -0.481 e. The van der Waals surface area contributed by atoms with Crippen molar-refractivity contribution in [2.75, 3.05) is 25.5 Å². The van der Waals surface area contributed by atoms with E-state index in [9.17, 15) is 9.59 Å². The highest BCUT2D eigenvalue weighted by Gasteiger charge is 2.19. The smallest absolute Gasteiger partial charge is 0.434 e. The molecule has 0 fully saturated rings. The number of dihydropyridines is 1. The summed E-state index contributed by atoms with van der Waals surface area (Å²) in [6.45, 7) is 2.75. The Hall–Kier alpha value is -4.78. The summed E-state index contributed by atoms with van der Waals surface area (Å²) in [5, 5.41) is 17.5. The van der Waals surface area contributed by atoms with E-state index < -0.39 is 5.76 Å². The van der Waals surface area contributed by atoms with Gasteiger partial charge in [-0.2, -0.15) is 0 Å². The van der Waals surface area contributed by atoms with Gasteiger partial charge in [0.25, 0.3) is 0 Å². The van der Waals surface area contributed by atoms with Gasteiger partial charge in [-0.05, 0) is 25.1 Å². The number of thiazole rings is 1. The number of nitrogens with zero attached hydrogens (tertiary/aromatic N) is 4. The number of hydrogen-bond donors (Lipinski definition) is 4. The zero-order valence-electron chi connectivity index (χ0n) is 19.9. The van der Waals surface area contributed by atoms with Crippen molar-refractivity contribution in [1.29, 1.82) is 0 Å². The Morgan fingerprint density at radius 2 is 2.14 bits per heavy atom. The van der Waals surface area contributed by atoms with E-state index in [2.05, 4.69) is 36.1 Å². The highest BCUT2D eigenvalue weighted by molar-refractivity contribution is 7.13. The monoisotopic (exact) mass is 518 g/mol. The third kappa shape index (κ3) is 5.26. The molecular formula is C24H22N8O4S. The summed E-state index contributed by atoms with van der Waals surface area (Å²) < 4.78 is 10.3. The number of aromatic amines is 1. The number of carbonyl (C=O) groups is 1. The predicted molar refractivity (Wildman–Crippen MR) is 139 cm³/mol. The van der Waals surface area contributed by atoms with Gasteiger partial charge in [0, 0.05) is 71.0 Å². The SMILES string of the molecule is CCNC(=O)Nc1cc(-c2nc(-c3ccc(OC)nc3)cs2)c(C2=CNCC(c3n[nH]c(=O)o3)=C2)cn1. The summed E-state index contributed by atoms with van der Waals surface area (Å²) in [5.74, 6) is 0.470. The number of allylic oxidation sites excluding steroid dienone is 2. The first kappa shape index (κ1) is 23.9. The number of nitrogens with one attached hydrogen (secondary N) is 4. The van der Waals surface area contributed by atoms with Gasteiger partial charge < -0.3 is 19.8 Å². The molecule has 0 radical (unpaired) electrons. The van der Waals surface area contributed by atoms with Crippen molar-refractivity contribution in [1.82, 2.24) is 35.8 Å². The number of methoxy groups -OCH3 is 1. The molecule has 4 N–H and O–H groups in total. The van der Waals surface area contributed by atoms with Crippen molar-refractivity contribution in [2.45, 2.75) is 6.92 Å². The van der Waals surface area contributed by atoms with Crippen LogP contribution in [0.1, 0.15) is 18.4 Å². The average molecular weight is 519 g/mol. The topological polar surface area (TPSA) is 160 Å². The van der Waals surface area contributed by atoms with Crippen LogP contribution < -0.4 is 26.4 Å². The normalized spacial score (nSPS) is 12.8. The number of ether oxygens (including phenoxy) is 1. The van der Waals surface area contributed by atoms with Crippen LogP contribution in [0.3, 0.4) is 0 Å². The third-order valence-electron chi connectivity index (χ3n) is 5.36. The second-order valence-corrected chi connectivity index (χ2v) is 8.65. The lowest BCUT2D eigenvalue weighted by atomic mass is 9.98. The van der Waals surface area contributed by atoms with Crippen LogP contribution in [0.25, 0.3) is 33.0 Å². The Kier molecular flexibility index (Phi) is 6.76. The lowest BCUT2D eigenvalue weighted by Gasteiger charge is -2.16. The number of anilines is 1. The minimum absolute atomic E-state index is 0.204. The van der Waals surface area contributed by atoms with Gasteiger partial charge in [-0.15, -0.1) is 16.4 Å². The maximum Gasteiger partial charge on any atom is 0.434 e. The summed E-state index contributed by atoms with van der Waals surface area (Å²) in [5.41, 5.74) is 4.58. The molecule has 0 saturated carbocycles. The van der Waals surface area contributed by atoms with Gasteiger partial charge in [0.05, 0.1) is 12.8 Å². The zero-order valence-corrected chi connectivity index (χ0v) is 20.7. The van der Waals surface area contributed by atoms with Crippen LogP contribution in [0, 0.1) is 0 Å². The summed E-state index contributed by atoms with van der Waals surface area (Å²) in [7, 11) is 1.56. The molecule has 12 nitrogen and oxygen atoms in total. The molecule has 4 aromatic heterocycles. The van der Waals surface area contributed by atoms with Crippen molar-refractivity contribution in [2.24, 2.45) is 0 Å². The van der Waals surface area contributed by atoms with Crippen molar-refractivity contribution >= 4 is 34.3 Å². The number of carbonyl (C=O) groups excluding carboxylic acids is 1. The molecule has 188 valence electrons. The summed E-state index contributed by atoms with van der Waals surface area (Å²) in [4.78, 5) is 37.1. The minimum atomic E-state index is -0.626. The number of urea groups is 1. The second kappa shape index (κ2) is 10.5. The zero-order chi connectivity index (χ0) is 25.8. The Bertz CT molecular complexity index is 1550. The summed E-state index contributed by atoms with van der Waals surface area (Å²) >= 11 is 1.45. The third-order valence-corrected chi connectivity index (χ3v) is 6.24. The summed E-state index contributed by atoms with van der Waals surface area (Å²) in [6, 6.07) is 5.09. The van der Waals surface area contributed by atoms with E-state index in [4.69, 9.17) is 14.1 Å². The molecule has 1 aliphatic rings. The Balaban J connectivity index is 1.55. The number of pyridine rings is 2. The summed E-state index contributed by atoms with van der Waals surface area (Å²) in [6.07, 6.45) is 7.08. The number of aromatic nitrogens is 5. The largest absolute Gasteiger partial charge is 0.481 e. The first-order chi connectivity index (χ1) is 18.0. The highest BCUT2D eigenvalue weighted by Crippen LogP contribution is 2.36. The van der Waals surface area contributed by atoms with Gasteiger partial charge in [0.2, 0.25) is 11.8 Å². The van der Waals surface area contributed by atoms with Gasteiger partial charge in [-0.3, -0.25) is 5.32 Å². The molecule has 1 aliphatic heterocycles. The molecule has 13 heteroatoms. The number of amides is 2. The van der Waals surface area contributed by atoms with Gasteiger partial charge in [0.1, 0.15) is 10.8 Å². The van der Waals surface area contributed by atoms with Crippen LogP contribution in [0.5, 0.6) is 5.88 Å². The molecule has 0 spiro atoms. The van der Waals surface area contributed by atoms with E-state index in [1.165, 1.54) is 11.3 Å². The molecule has 4 aromatic rings. The Labute approximate surface area is 214 Å². The maximum atomic E-state index is 12.1. The van der Waals surface area contributed by atoms with Crippen LogP contribution in [-0.2, 0) is 0 Å². The molecule has 0 bridgehead atoms. The molecule has 37 heavy (non-hydrogen) atoms. The number of hydrogen-bond acceptors (Lipinski definition) is 10. The molecule has 0 saturated heterocycles. The van der Waals surface area contributed by atoms with Gasteiger partial charge >= 0.3 is 11.8 Å². The van der Waals surface area contributed by atoms with Crippen molar-refractivity contribution < 1.29 is 13.9 Å². The van der Waals surface area contributed by atoms with E-state index in [0.29, 0.717) is 30.4 Å². The molecule has 0 atom stereocenters. The molecule has 0 aromatic carbocycles.